The molecule has 1 saturated carbocycles. The van der Waals surface area contributed by atoms with Crippen molar-refractivity contribution in [1.82, 2.24) is 10.2 Å². The number of nitrogens with one attached hydrogen (secondary N) is 1. The molecule has 5 heteroatoms. The average Bonchev–Trinajstić information content (AvgIpc) is 3.05. The summed E-state index contributed by atoms with van der Waals surface area (Å²) in [6.45, 7) is 3.76. The molecule has 1 saturated heterocycles. The van der Waals surface area contributed by atoms with Gasteiger partial charge in [0.2, 0.25) is 0 Å². The lowest BCUT2D eigenvalue weighted by molar-refractivity contribution is -0.137. The van der Waals surface area contributed by atoms with Crippen LogP contribution in [-0.4, -0.2) is 41.1 Å². The van der Waals surface area contributed by atoms with Crippen molar-refractivity contribution in [2.75, 3.05) is 13.1 Å². The Morgan fingerprint density at radius 1 is 1.39 bits per heavy atom. The van der Waals surface area contributed by atoms with E-state index in [4.69, 9.17) is 5.11 Å². The average molecular weight is 254 g/mol. The van der Waals surface area contributed by atoms with Gasteiger partial charge in [0.05, 0.1) is 6.42 Å². The van der Waals surface area contributed by atoms with Gasteiger partial charge in [0.25, 0.3) is 0 Å². The number of hydrogen-bond acceptors (Lipinski definition) is 2. The van der Waals surface area contributed by atoms with Crippen molar-refractivity contribution in [3.05, 3.63) is 0 Å². The van der Waals surface area contributed by atoms with E-state index in [1.54, 1.807) is 0 Å². The normalized spacial score (nSPS) is 24.9. The number of carbonyl (C=O) groups excluding carboxylic acids is 1. The molecule has 2 rings (SSSR count). The number of carboxylic acids is 1. The summed E-state index contributed by atoms with van der Waals surface area (Å²) in [5, 5.41) is 11.8. The maximum atomic E-state index is 12.1. The molecular formula is C13H22N2O3. The standard InChI is InChI=1S/C13H22N2O3/c1-2-9-5-6-15(8-9)13(18)14-11(7-12(16)17)10-3-4-10/h9-11H,2-8H2,1H3,(H,14,18)(H,16,17). The summed E-state index contributed by atoms with van der Waals surface area (Å²) in [6.07, 6.45) is 4.29. The summed E-state index contributed by atoms with van der Waals surface area (Å²) < 4.78 is 0. The van der Waals surface area contributed by atoms with E-state index in [2.05, 4.69) is 12.2 Å². The van der Waals surface area contributed by atoms with Crippen LogP contribution in [-0.2, 0) is 4.79 Å². The second kappa shape index (κ2) is 5.59. The summed E-state index contributed by atoms with van der Waals surface area (Å²) in [5.41, 5.74) is 0. The number of amides is 2. The molecule has 0 aromatic heterocycles. The van der Waals surface area contributed by atoms with Crippen molar-refractivity contribution in [2.24, 2.45) is 11.8 Å². The second-order valence-electron chi connectivity index (χ2n) is 5.50. The van der Waals surface area contributed by atoms with E-state index in [-0.39, 0.29) is 18.5 Å². The third-order valence-corrected chi connectivity index (χ3v) is 4.04. The van der Waals surface area contributed by atoms with Crippen LogP contribution in [0.4, 0.5) is 4.79 Å². The molecule has 0 aromatic rings. The Labute approximate surface area is 108 Å². The van der Waals surface area contributed by atoms with Crippen LogP contribution < -0.4 is 5.32 Å². The van der Waals surface area contributed by atoms with Crippen molar-refractivity contribution >= 4 is 12.0 Å². The van der Waals surface area contributed by atoms with E-state index in [1.807, 2.05) is 4.90 Å². The molecule has 2 unspecified atom stereocenters. The first-order chi connectivity index (χ1) is 8.60. The number of carboxylic acid groups (broad SMARTS) is 1. The van der Waals surface area contributed by atoms with Gasteiger partial charge in [0.15, 0.2) is 0 Å². The summed E-state index contributed by atoms with van der Waals surface area (Å²) in [7, 11) is 0. The summed E-state index contributed by atoms with van der Waals surface area (Å²) in [4.78, 5) is 24.7. The van der Waals surface area contributed by atoms with Crippen molar-refractivity contribution in [3.8, 4) is 0 Å². The summed E-state index contributed by atoms with van der Waals surface area (Å²) in [5.74, 6) is 0.143. The smallest absolute Gasteiger partial charge is 0.317 e. The van der Waals surface area contributed by atoms with Gasteiger partial charge in [-0.15, -0.1) is 0 Å². The molecule has 1 heterocycles. The van der Waals surface area contributed by atoms with Crippen LogP contribution in [0.1, 0.15) is 39.0 Å². The fourth-order valence-electron chi connectivity index (χ4n) is 2.62. The first kappa shape index (κ1) is 13.2. The van der Waals surface area contributed by atoms with E-state index >= 15 is 0 Å². The third-order valence-electron chi connectivity index (χ3n) is 4.04. The summed E-state index contributed by atoms with van der Waals surface area (Å²) in [6, 6.07) is -0.264. The van der Waals surface area contributed by atoms with Crippen LogP contribution in [0.2, 0.25) is 0 Å². The molecule has 2 aliphatic rings. The second-order valence-corrected chi connectivity index (χ2v) is 5.50. The van der Waals surface area contributed by atoms with Gasteiger partial charge in [-0.2, -0.15) is 0 Å². The SMILES string of the molecule is CCC1CCN(C(=O)NC(CC(=O)O)C2CC2)C1. The van der Waals surface area contributed by atoms with Crippen LogP contribution in [0.5, 0.6) is 0 Å². The van der Waals surface area contributed by atoms with Crippen LogP contribution in [0, 0.1) is 11.8 Å². The minimum Gasteiger partial charge on any atom is -0.481 e. The molecule has 102 valence electrons. The Morgan fingerprint density at radius 2 is 2.11 bits per heavy atom. The Morgan fingerprint density at radius 3 is 2.61 bits per heavy atom. The Hall–Kier alpha value is -1.26. The molecule has 1 aliphatic carbocycles. The Bertz CT molecular complexity index is 328. The van der Waals surface area contributed by atoms with Gasteiger partial charge in [0.1, 0.15) is 0 Å². The van der Waals surface area contributed by atoms with Crippen LogP contribution in [0.3, 0.4) is 0 Å². The van der Waals surface area contributed by atoms with Crippen LogP contribution in [0.15, 0.2) is 0 Å². The molecule has 2 fully saturated rings. The topological polar surface area (TPSA) is 69.6 Å². The molecule has 0 bridgehead atoms. The molecule has 2 atom stereocenters. The monoisotopic (exact) mass is 254 g/mol. The molecule has 18 heavy (non-hydrogen) atoms. The fraction of sp³-hybridized carbons (Fsp3) is 0.846. The number of hydrogen-bond donors (Lipinski definition) is 2. The third kappa shape index (κ3) is 3.37. The van der Waals surface area contributed by atoms with Crippen LogP contribution >= 0.6 is 0 Å². The Kier molecular flexibility index (Phi) is 4.09. The van der Waals surface area contributed by atoms with Crippen molar-refractivity contribution < 1.29 is 14.7 Å². The molecule has 5 nitrogen and oxygen atoms in total. The zero-order chi connectivity index (χ0) is 13.1. The minimum absolute atomic E-state index is 0.0431. The minimum atomic E-state index is -0.833. The van der Waals surface area contributed by atoms with Gasteiger partial charge in [-0.25, -0.2) is 4.79 Å². The highest BCUT2D eigenvalue weighted by molar-refractivity contribution is 5.76. The highest BCUT2D eigenvalue weighted by atomic mass is 16.4. The van der Waals surface area contributed by atoms with E-state index in [0.29, 0.717) is 11.8 Å². The van der Waals surface area contributed by atoms with E-state index in [0.717, 1.165) is 38.8 Å². The van der Waals surface area contributed by atoms with Crippen molar-refractivity contribution in [2.45, 2.75) is 45.1 Å². The van der Waals surface area contributed by atoms with Gasteiger partial charge in [-0.05, 0) is 31.1 Å². The molecular weight excluding hydrogens is 232 g/mol. The number of nitrogens with zero attached hydrogens (tertiary/aromatic N) is 1. The molecule has 0 radical (unpaired) electrons. The zero-order valence-electron chi connectivity index (χ0n) is 10.9. The quantitative estimate of drug-likeness (QED) is 0.784. The van der Waals surface area contributed by atoms with Gasteiger partial charge < -0.3 is 15.3 Å². The maximum absolute atomic E-state index is 12.1. The van der Waals surface area contributed by atoms with Gasteiger partial charge in [-0.1, -0.05) is 13.3 Å². The lowest BCUT2D eigenvalue weighted by atomic mass is 10.1. The number of carbonyl (C=O) groups is 2. The predicted molar refractivity (Wildman–Crippen MR) is 67.3 cm³/mol. The van der Waals surface area contributed by atoms with Gasteiger partial charge in [0, 0.05) is 19.1 Å². The molecule has 2 amide bonds. The molecule has 2 N–H and O–H groups in total. The lowest BCUT2D eigenvalue weighted by Gasteiger charge is -2.22. The highest BCUT2D eigenvalue weighted by Gasteiger charge is 2.35. The van der Waals surface area contributed by atoms with Crippen LogP contribution in [0.25, 0.3) is 0 Å². The fourth-order valence-corrected chi connectivity index (χ4v) is 2.62. The highest BCUT2D eigenvalue weighted by Crippen LogP contribution is 2.34. The molecule has 1 aliphatic heterocycles. The number of rotatable bonds is 5. The maximum Gasteiger partial charge on any atom is 0.317 e. The molecule has 0 spiro atoms. The van der Waals surface area contributed by atoms with E-state index < -0.39 is 5.97 Å². The van der Waals surface area contributed by atoms with Crippen molar-refractivity contribution in [1.29, 1.82) is 0 Å². The van der Waals surface area contributed by atoms with Gasteiger partial charge in [-0.3, -0.25) is 4.79 Å². The Balaban J connectivity index is 1.83. The molecule has 0 aromatic carbocycles. The lowest BCUT2D eigenvalue weighted by Crippen LogP contribution is -2.45. The van der Waals surface area contributed by atoms with E-state index in [1.165, 1.54) is 0 Å². The number of likely N-dealkylation sites (tertiary alicyclic amines) is 1. The van der Waals surface area contributed by atoms with E-state index in [9.17, 15) is 9.59 Å². The predicted octanol–water partition coefficient (Wildman–Crippen LogP) is 1.68. The number of urea groups is 1. The summed E-state index contributed by atoms with van der Waals surface area (Å²) >= 11 is 0. The van der Waals surface area contributed by atoms with Crippen molar-refractivity contribution in [3.63, 3.8) is 0 Å². The first-order valence-electron chi connectivity index (χ1n) is 6.87. The first-order valence-corrected chi connectivity index (χ1v) is 6.87. The number of aliphatic carboxylic acids is 1. The zero-order valence-corrected chi connectivity index (χ0v) is 10.9. The largest absolute Gasteiger partial charge is 0.481 e. The van der Waals surface area contributed by atoms with Gasteiger partial charge >= 0.3 is 12.0 Å².